The Bertz CT molecular complexity index is 1260. The predicted molar refractivity (Wildman–Crippen MR) is 136 cm³/mol. The molecular weight excluding hydrogens is 458 g/mol. The third-order valence-corrected chi connectivity index (χ3v) is 6.41. The molecule has 9 nitrogen and oxygen atoms in total. The van der Waals surface area contributed by atoms with Crippen molar-refractivity contribution in [3.05, 3.63) is 42.4 Å². The Labute approximate surface area is 211 Å². The van der Waals surface area contributed by atoms with E-state index in [2.05, 4.69) is 23.0 Å². The average Bonchev–Trinajstić information content (AvgIpc) is 3.24. The highest BCUT2D eigenvalue weighted by Crippen LogP contribution is 2.37. The zero-order chi connectivity index (χ0) is 25.9. The van der Waals surface area contributed by atoms with Crippen LogP contribution in [0.3, 0.4) is 0 Å². The van der Waals surface area contributed by atoms with Gasteiger partial charge in [0.15, 0.2) is 0 Å². The molecule has 9 heteroatoms. The SMILES string of the molecule is CC1(CC(=O)OC(C)(C)C)CCN(c2ccc(-c3cc(OCCO)cn4ncc(C#N)c34)cn2)CC1. The number of carbonyl (C=O) groups is 1. The van der Waals surface area contributed by atoms with Crippen LogP contribution >= 0.6 is 0 Å². The molecule has 0 aromatic carbocycles. The lowest BCUT2D eigenvalue weighted by atomic mass is 9.77. The van der Waals surface area contributed by atoms with Gasteiger partial charge >= 0.3 is 5.97 Å². The molecule has 0 bridgehead atoms. The molecule has 0 atom stereocenters. The molecule has 0 spiro atoms. The lowest BCUT2D eigenvalue weighted by Gasteiger charge is -2.39. The van der Waals surface area contributed by atoms with E-state index in [1.807, 2.05) is 39.0 Å². The number of aliphatic hydroxyl groups excluding tert-OH is 1. The summed E-state index contributed by atoms with van der Waals surface area (Å²) in [5.41, 5.74) is 2.20. The standard InChI is InChI=1S/C27H33N5O4/c1-26(2,3)36-24(34)14-27(4)7-9-31(10-8-27)23-6-5-19(16-29-23)22-13-21(35-12-11-33)18-32-25(22)20(15-28)17-30-32/h5-6,13,16-18,33H,7-12,14H2,1-4H3. The van der Waals surface area contributed by atoms with Crippen LogP contribution in [-0.2, 0) is 9.53 Å². The number of carbonyl (C=O) groups excluding carboxylic acids is 1. The molecule has 4 rings (SSSR count). The van der Waals surface area contributed by atoms with Crippen molar-refractivity contribution in [2.75, 3.05) is 31.2 Å². The average molecular weight is 492 g/mol. The summed E-state index contributed by atoms with van der Waals surface area (Å²) in [5, 5.41) is 22.9. The summed E-state index contributed by atoms with van der Waals surface area (Å²) in [6, 6.07) is 7.99. The molecule has 0 saturated carbocycles. The molecule has 1 N–H and O–H groups in total. The topological polar surface area (TPSA) is 113 Å². The molecule has 0 aliphatic carbocycles. The van der Waals surface area contributed by atoms with E-state index >= 15 is 0 Å². The Morgan fingerprint density at radius 3 is 2.61 bits per heavy atom. The molecular formula is C27H33N5O4. The van der Waals surface area contributed by atoms with Crippen molar-refractivity contribution in [3.8, 4) is 22.9 Å². The van der Waals surface area contributed by atoms with Crippen molar-refractivity contribution in [2.24, 2.45) is 5.41 Å². The van der Waals surface area contributed by atoms with E-state index in [0.29, 0.717) is 23.3 Å². The van der Waals surface area contributed by atoms with Crippen LogP contribution < -0.4 is 9.64 Å². The Balaban J connectivity index is 1.50. The summed E-state index contributed by atoms with van der Waals surface area (Å²) >= 11 is 0. The van der Waals surface area contributed by atoms with Crippen molar-refractivity contribution in [3.63, 3.8) is 0 Å². The van der Waals surface area contributed by atoms with Gasteiger partial charge in [0.25, 0.3) is 0 Å². The van der Waals surface area contributed by atoms with Crippen LogP contribution in [0.25, 0.3) is 16.6 Å². The summed E-state index contributed by atoms with van der Waals surface area (Å²) in [6.07, 6.45) is 7.19. The quantitative estimate of drug-likeness (QED) is 0.494. The van der Waals surface area contributed by atoms with Gasteiger partial charge in [0.05, 0.1) is 36.5 Å². The lowest BCUT2D eigenvalue weighted by Crippen LogP contribution is -2.40. The van der Waals surface area contributed by atoms with Crippen molar-refractivity contribution >= 4 is 17.3 Å². The zero-order valence-electron chi connectivity index (χ0n) is 21.3. The minimum Gasteiger partial charge on any atom is -0.490 e. The first kappa shape index (κ1) is 25.5. The molecule has 0 amide bonds. The van der Waals surface area contributed by atoms with Gasteiger partial charge in [-0.1, -0.05) is 6.92 Å². The molecule has 0 radical (unpaired) electrons. The maximum Gasteiger partial charge on any atom is 0.306 e. The van der Waals surface area contributed by atoms with Gasteiger partial charge in [-0.05, 0) is 57.2 Å². The Morgan fingerprint density at radius 1 is 1.25 bits per heavy atom. The van der Waals surface area contributed by atoms with Crippen LogP contribution in [0.2, 0.25) is 0 Å². The maximum atomic E-state index is 12.4. The van der Waals surface area contributed by atoms with Crippen molar-refractivity contribution in [1.29, 1.82) is 5.26 Å². The molecule has 190 valence electrons. The fraction of sp³-hybridized carbons (Fsp3) is 0.481. The lowest BCUT2D eigenvalue weighted by molar-refractivity contribution is -0.157. The second kappa shape index (κ2) is 10.2. The summed E-state index contributed by atoms with van der Waals surface area (Å²) in [4.78, 5) is 19.3. The Hall–Kier alpha value is -3.64. The van der Waals surface area contributed by atoms with Crippen LogP contribution in [0.1, 0.15) is 52.5 Å². The van der Waals surface area contributed by atoms with Gasteiger partial charge in [-0.25, -0.2) is 9.50 Å². The van der Waals surface area contributed by atoms with Crippen LogP contribution in [0.5, 0.6) is 5.75 Å². The number of hydrogen-bond donors (Lipinski definition) is 1. The summed E-state index contributed by atoms with van der Waals surface area (Å²) < 4.78 is 12.8. The minimum atomic E-state index is -0.471. The highest BCUT2D eigenvalue weighted by Gasteiger charge is 2.34. The third-order valence-electron chi connectivity index (χ3n) is 6.41. The number of aliphatic hydroxyl groups is 1. The molecule has 3 aromatic heterocycles. The van der Waals surface area contributed by atoms with E-state index < -0.39 is 5.60 Å². The number of nitrogens with zero attached hydrogens (tertiary/aromatic N) is 5. The normalized spacial score (nSPS) is 15.5. The first-order valence-corrected chi connectivity index (χ1v) is 12.2. The monoisotopic (exact) mass is 491 g/mol. The fourth-order valence-electron chi connectivity index (χ4n) is 4.55. The highest BCUT2D eigenvalue weighted by atomic mass is 16.6. The third kappa shape index (κ3) is 5.77. The molecule has 3 aromatic rings. The van der Waals surface area contributed by atoms with E-state index in [0.717, 1.165) is 42.9 Å². The largest absolute Gasteiger partial charge is 0.490 e. The molecule has 1 saturated heterocycles. The minimum absolute atomic E-state index is 0.0882. The van der Waals surface area contributed by atoms with Crippen LogP contribution in [0.4, 0.5) is 5.82 Å². The summed E-state index contributed by atoms with van der Waals surface area (Å²) in [7, 11) is 0. The number of anilines is 1. The van der Waals surface area contributed by atoms with E-state index in [1.165, 1.54) is 6.20 Å². The van der Waals surface area contributed by atoms with Crippen molar-refractivity contribution in [2.45, 2.75) is 52.6 Å². The molecule has 4 heterocycles. The van der Waals surface area contributed by atoms with E-state index in [-0.39, 0.29) is 24.6 Å². The zero-order valence-corrected chi connectivity index (χ0v) is 21.3. The number of pyridine rings is 2. The Morgan fingerprint density at radius 2 is 2.00 bits per heavy atom. The number of ether oxygens (including phenoxy) is 2. The van der Waals surface area contributed by atoms with Gasteiger partial charge < -0.3 is 19.5 Å². The van der Waals surface area contributed by atoms with Crippen LogP contribution in [-0.4, -0.2) is 57.6 Å². The van der Waals surface area contributed by atoms with E-state index in [4.69, 9.17) is 19.6 Å². The summed E-state index contributed by atoms with van der Waals surface area (Å²) in [6.45, 7) is 9.51. The van der Waals surface area contributed by atoms with Crippen molar-refractivity contribution in [1.82, 2.24) is 14.6 Å². The first-order chi connectivity index (χ1) is 17.1. The summed E-state index contributed by atoms with van der Waals surface area (Å²) in [5.74, 6) is 1.27. The van der Waals surface area contributed by atoms with Crippen LogP contribution in [0, 0.1) is 16.7 Å². The second-order valence-electron chi connectivity index (χ2n) is 10.6. The van der Waals surface area contributed by atoms with Gasteiger partial charge in [-0.2, -0.15) is 10.4 Å². The fourth-order valence-corrected chi connectivity index (χ4v) is 4.55. The first-order valence-electron chi connectivity index (χ1n) is 12.2. The van der Waals surface area contributed by atoms with Gasteiger partial charge in [0, 0.05) is 30.4 Å². The van der Waals surface area contributed by atoms with E-state index in [9.17, 15) is 10.1 Å². The van der Waals surface area contributed by atoms with Crippen molar-refractivity contribution < 1.29 is 19.4 Å². The number of esters is 1. The van der Waals surface area contributed by atoms with Gasteiger partial charge in [-0.3, -0.25) is 4.79 Å². The number of nitriles is 1. The number of rotatable bonds is 7. The van der Waals surface area contributed by atoms with Gasteiger partial charge in [0.1, 0.15) is 29.8 Å². The van der Waals surface area contributed by atoms with E-state index in [1.54, 1.807) is 16.9 Å². The highest BCUT2D eigenvalue weighted by molar-refractivity contribution is 5.85. The molecule has 1 aliphatic heterocycles. The molecule has 1 aliphatic rings. The number of aromatic nitrogens is 3. The van der Waals surface area contributed by atoms with Gasteiger partial charge in [0.2, 0.25) is 0 Å². The van der Waals surface area contributed by atoms with Gasteiger partial charge in [-0.15, -0.1) is 0 Å². The number of fused-ring (bicyclic) bond motifs is 1. The number of hydrogen-bond acceptors (Lipinski definition) is 8. The number of piperidine rings is 1. The maximum absolute atomic E-state index is 12.4. The predicted octanol–water partition coefficient (Wildman–Crippen LogP) is 3.98. The molecule has 0 unspecified atom stereocenters. The smallest absolute Gasteiger partial charge is 0.306 e. The second-order valence-corrected chi connectivity index (χ2v) is 10.6. The Kier molecular flexibility index (Phi) is 7.18. The molecule has 36 heavy (non-hydrogen) atoms. The molecule has 1 fully saturated rings. The van der Waals surface area contributed by atoms with Crippen LogP contribution in [0.15, 0.2) is 36.8 Å².